The Labute approximate surface area is 719 Å². The molecule has 13 aromatic carbocycles. The molecule has 2 atom stereocenters. The summed E-state index contributed by atoms with van der Waals surface area (Å²) in [6, 6.07) is 87.3. The van der Waals surface area contributed by atoms with Crippen LogP contribution in [0.25, 0.3) is 121 Å². The van der Waals surface area contributed by atoms with Gasteiger partial charge in [-0.15, -0.1) is 0 Å². The Bertz CT molecular complexity index is 5530. The summed E-state index contributed by atoms with van der Waals surface area (Å²) < 4.78 is 0. The first kappa shape index (κ1) is 85.2. The summed E-state index contributed by atoms with van der Waals surface area (Å²) in [6.45, 7) is 28.0. The lowest BCUT2D eigenvalue weighted by Gasteiger charge is -2.39. The first-order chi connectivity index (χ1) is 58.2. The van der Waals surface area contributed by atoms with Crippen molar-refractivity contribution in [3.63, 3.8) is 0 Å². The number of unbranched alkanes of at least 4 members (excludes halogenated alkanes) is 18. The van der Waals surface area contributed by atoms with Crippen molar-refractivity contribution in [2.45, 2.75) is 318 Å². The first-order valence-electron chi connectivity index (χ1n) is 48.3. The summed E-state index contributed by atoms with van der Waals surface area (Å²) in [5.41, 5.74) is 34.7. The van der Waals surface area contributed by atoms with E-state index in [1.54, 1.807) is 33.4 Å². The van der Waals surface area contributed by atoms with Crippen molar-refractivity contribution in [3.05, 3.63) is 274 Å². The standard InChI is InChI=1S/C68H86.C51H56/c1-7-11-15-19-21-25-45-67(46-26-22-20-16-12-8-2)63-47-52(6)29-39-59(63)60-40-37-57(49-64(60)67)54-32-34-55(35-33-54)58-38-42-62-61-41-36-56(53-30-27-51(5)28-31-53)48-65(61)68(66(62)50-58,43-23-17-13-9-3)44-24-18-14-10-4;1-7-11-15-35(9-3)31-51(32-36(10-4)16-12-8-2)47-27-33(5)21-23-41(47)42-24-22-37(30-48(42)51)40-28-39-18-14-19-43-45-26-34(6)25-38-17-13-20-44(49(38)45)46(29-40)50(39)43/h27-42,47-50H,7-26,43-46H2,1-6H3;13-14,17-30,35-36H,7-12,15-16,31-32H2,1-6H3. The smallest absolute Gasteiger partial charge is 0.0220 e. The quantitative estimate of drug-likeness (QED) is 0.0204. The monoisotopic (exact) mass is 1570 g/mol. The van der Waals surface area contributed by atoms with Crippen LogP contribution in [0.5, 0.6) is 0 Å². The van der Waals surface area contributed by atoms with E-state index in [4.69, 9.17) is 0 Å². The Morgan fingerprint density at radius 2 is 0.521 bits per heavy atom. The normalized spacial score (nSPS) is 15.1. The molecule has 3 aliphatic rings. The minimum atomic E-state index is 0.0286. The van der Waals surface area contributed by atoms with Crippen molar-refractivity contribution in [2.24, 2.45) is 11.8 Å². The number of benzene rings is 13. The third-order valence-electron chi connectivity index (χ3n) is 29.5. The van der Waals surface area contributed by atoms with Gasteiger partial charge in [0.25, 0.3) is 0 Å². The van der Waals surface area contributed by atoms with Gasteiger partial charge < -0.3 is 0 Å². The average Bonchev–Trinajstić information content (AvgIpc) is 1.70. The molecule has 0 aliphatic heterocycles. The molecule has 618 valence electrons. The molecule has 0 nitrogen and oxygen atoms in total. The third kappa shape index (κ3) is 17.6. The summed E-state index contributed by atoms with van der Waals surface area (Å²) >= 11 is 0. The summed E-state index contributed by atoms with van der Waals surface area (Å²) in [5, 5.41) is 11.0. The summed E-state index contributed by atoms with van der Waals surface area (Å²) in [4.78, 5) is 0. The predicted octanol–water partition coefficient (Wildman–Crippen LogP) is 36.8. The van der Waals surface area contributed by atoms with Crippen LogP contribution in [-0.4, -0.2) is 0 Å². The maximum atomic E-state index is 2.65. The molecular weight excluding hydrogens is 1430 g/mol. The average molecular weight is 1570 g/mol. The fourth-order valence-corrected chi connectivity index (χ4v) is 22.9. The van der Waals surface area contributed by atoms with E-state index in [1.165, 1.54) is 362 Å². The van der Waals surface area contributed by atoms with Gasteiger partial charge in [-0.3, -0.25) is 0 Å². The Morgan fingerprint density at radius 1 is 0.218 bits per heavy atom. The molecule has 0 bridgehead atoms. The van der Waals surface area contributed by atoms with Crippen molar-refractivity contribution < 1.29 is 0 Å². The van der Waals surface area contributed by atoms with Gasteiger partial charge in [0.1, 0.15) is 0 Å². The van der Waals surface area contributed by atoms with Gasteiger partial charge in [-0.05, 0) is 274 Å². The first-order valence-corrected chi connectivity index (χ1v) is 48.3. The molecular formula is C119H142. The summed E-state index contributed by atoms with van der Waals surface area (Å²) in [5.74, 6) is 1.45. The SMILES string of the molecule is CCCCC(CC)CC1(CC(CC)CCCC)c2cc(C)ccc2-c2ccc(-c3cc4cccc5c6cc(C)cc7cccc(c(c3)c45)c76)cc21.CCCCCCCCC1(CCCCCCCC)c2cc(C)ccc2-c2ccc(-c3ccc(-c4ccc5c(c4)C(CCCCCC)(CCCCCC)c4cc(-c6ccc(C)cc6)ccc4-5)cc3)cc21. The number of rotatable bonds is 40. The highest BCUT2D eigenvalue weighted by Crippen LogP contribution is 2.61. The molecule has 2 unspecified atom stereocenters. The largest absolute Gasteiger partial charge is 0.0654 e. The number of fused-ring (bicyclic) bond motifs is 11. The van der Waals surface area contributed by atoms with Gasteiger partial charge in [0.05, 0.1) is 0 Å². The lowest BCUT2D eigenvalue weighted by Crippen LogP contribution is -2.31. The van der Waals surface area contributed by atoms with Crippen LogP contribution in [0.4, 0.5) is 0 Å². The van der Waals surface area contributed by atoms with Crippen LogP contribution in [0.15, 0.2) is 218 Å². The van der Waals surface area contributed by atoms with Crippen LogP contribution in [0, 0.1) is 39.5 Å². The van der Waals surface area contributed by atoms with Crippen LogP contribution in [-0.2, 0) is 16.2 Å². The second-order valence-corrected chi connectivity index (χ2v) is 37.9. The van der Waals surface area contributed by atoms with Gasteiger partial charge in [-0.1, -0.05) is 434 Å². The van der Waals surface area contributed by atoms with Gasteiger partial charge in [-0.2, -0.15) is 0 Å². The second-order valence-electron chi connectivity index (χ2n) is 37.9. The van der Waals surface area contributed by atoms with E-state index in [9.17, 15) is 0 Å². The molecule has 0 heterocycles. The fourth-order valence-electron chi connectivity index (χ4n) is 22.9. The zero-order valence-corrected chi connectivity index (χ0v) is 75.5. The Morgan fingerprint density at radius 3 is 0.916 bits per heavy atom. The van der Waals surface area contributed by atoms with Gasteiger partial charge in [0.15, 0.2) is 0 Å². The van der Waals surface area contributed by atoms with Crippen molar-refractivity contribution in [3.8, 4) is 77.9 Å². The van der Waals surface area contributed by atoms with E-state index in [1.807, 2.05) is 0 Å². The van der Waals surface area contributed by atoms with Gasteiger partial charge in [0.2, 0.25) is 0 Å². The van der Waals surface area contributed by atoms with Crippen LogP contribution < -0.4 is 0 Å². The highest BCUT2D eigenvalue weighted by atomic mass is 14.5. The Kier molecular flexibility index (Phi) is 27.8. The zero-order chi connectivity index (χ0) is 82.6. The molecule has 16 rings (SSSR count). The fraction of sp³-hybridized carbons (Fsp3) is 0.429. The molecule has 0 fully saturated rings. The Balaban J connectivity index is 0.000000193. The second kappa shape index (κ2) is 38.9. The molecule has 0 spiro atoms. The van der Waals surface area contributed by atoms with Gasteiger partial charge in [-0.25, -0.2) is 0 Å². The minimum Gasteiger partial charge on any atom is -0.0654 e. The van der Waals surface area contributed by atoms with E-state index < -0.39 is 0 Å². The zero-order valence-electron chi connectivity index (χ0n) is 75.5. The topological polar surface area (TPSA) is 0 Å². The minimum absolute atomic E-state index is 0.0286. The molecule has 3 aliphatic carbocycles. The van der Waals surface area contributed by atoms with E-state index in [-0.39, 0.29) is 16.2 Å². The molecule has 0 N–H and O–H groups in total. The van der Waals surface area contributed by atoms with Gasteiger partial charge in [0, 0.05) is 16.2 Å². The van der Waals surface area contributed by atoms with Crippen molar-refractivity contribution in [2.75, 3.05) is 0 Å². The number of hydrogen-bond donors (Lipinski definition) is 0. The third-order valence-corrected chi connectivity index (χ3v) is 29.5. The summed E-state index contributed by atoms with van der Waals surface area (Å²) in [7, 11) is 0. The lowest BCUT2D eigenvalue weighted by molar-refractivity contribution is 0.266. The molecule has 0 amide bonds. The van der Waals surface area contributed by atoms with E-state index >= 15 is 0 Å². The molecule has 13 aromatic rings. The molecule has 0 aromatic heterocycles. The molecule has 0 saturated carbocycles. The Hall–Kier alpha value is -8.84. The highest BCUT2D eigenvalue weighted by molar-refractivity contribution is 6.33. The van der Waals surface area contributed by atoms with Gasteiger partial charge >= 0.3 is 0 Å². The van der Waals surface area contributed by atoms with E-state index in [0.717, 1.165) is 11.8 Å². The number of hydrogen-bond acceptors (Lipinski definition) is 0. The van der Waals surface area contributed by atoms with E-state index in [2.05, 4.69) is 301 Å². The summed E-state index contributed by atoms with van der Waals surface area (Å²) in [6.07, 6.45) is 44.3. The highest BCUT2D eigenvalue weighted by Gasteiger charge is 2.47. The van der Waals surface area contributed by atoms with Crippen LogP contribution in [0.2, 0.25) is 0 Å². The van der Waals surface area contributed by atoms with Crippen LogP contribution in [0.1, 0.15) is 329 Å². The lowest BCUT2D eigenvalue weighted by atomic mass is 9.65. The molecule has 0 radical (unpaired) electrons. The van der Waals surface area contributed by atoms with Crippen molar-refractivity contribution in [1.29, 1.82) is 0 Å². The maximum Gasteiger partial charge on any atom is 0.0220 e. The molecule has 119 heavy (non-hydrogen) atoms. The molecule has 0 saturated heterocycles. The molecule has 0 heteroatoms. The van der Waals surface area contributed by atoms with E-state index in [0.29, 0.717) is 0 Å². The predicted molar refractivity (Wildman–Crippen MR) is 523 cm³/mol. The van der Waals surface area contributed by atoms with Crippen molar-refractivity contribution in [1.82, 2.24) is 0 Å². The number of aryl methyl sites for hydroxylation is 4. The van der Waals surface area contributed by atoms with Crippen molar-refractivity contribution >= 4 is 43.1 Å². The van der Waals surface area contributed by atoms with Crippen LogP contribution in [0.3, 0.4) is 0 Å². The van der Waals surface area contributed by atoms with Crippen LogP contribution >= 0.6 is 0 Å². The maximum absolute atomic E-state index is 2.65.